The summed E-state index contributed by atoms with van der Waals surface area (Å²) in [6, 6.07) is 10.0. The summed E-state index contributed by atoms with van der Waals surface area (Å²) >= 11 is 0. The summed E-state index contributed by atoms with van der Waals surface area (Å²) < 4.78 is 0. The lowest BCUT2D eigenvalue weighted by Crippen LogP contribution is -2.18. The Bertz CT molecular complexity index is 530. The molecule has 1 aliphatic heterocycles. The van der Waals surface area contributed by atoms with Crippen LogP contribution < -0.4 is 5.32 Å². The molecule has 2 aromatic rings. The van der Waals surface area contributed by atoms with Gasteiger partial charge in [0.2, 0.25) is 5.91 Å². The van der Waals surface area contributed by atoms with Gasteiger partial charge in [0.25, 0.3) is 0 Å². The molecule has 2 heterocycles. The minimum Gasteiger partial charge on any atom is -0.309 e. The van der Waals surface area contributed by atoms with Crippen LogP contribution in [0.1, 0.15) is 12.0 Å². The van der Waals surface area contributed by atoms with Gasteiger partial charge >= 0.3 is 0 Å². The average molecular weight is 213 g/mol. The Balaban J connectivity index is 2.08. The molecule has 3 rings (SSSR count). The largest absolute Gasteiger partial charge is 0.309 e. The second-order valence-corrected chi connectivity index (χ2v) is 3.84. The molecule has 0 unspecified atom stereocenters. The van der Waals surface area contributed by atoms with Gasteiger partial charge in [0.15, 0.2) is 5.82 Å². The van der Waals surface area contributed by atoms with Crippen molar-refractivity contribution in [2.75, 3.05) is 5.32 Å². The van der Waals surface area contributed by atoms with Crippen molar-refractivity contribution in [1.29, 1.82) is 0 Å². The van der Waals surface area contributed by atoms with Gasteiger partial charge in [-0.3, -0.25) is 9.89 Å². The third-order valence-electron chi connectivity index (χ3n) is 2.79. The topological polar surface area (TPSA) is 57.8 Å². The van der Waals surface area contributed by atoms with Crippen LogP contribution in [0.2, 0.25) is 0 Å². The van der Waals surface area contributed by atoms with Crippen molar-refractivity contribution in [2.45, 2.75) is 12.8 Å². The number of aromatic amines is 1. The molecular weight excluding hydrogens is 202 g/mol. The van der Waals surface area contributed by atoms with Crippen molar-refractivity contribution in [3.8, 4) is 11.3 Å². The Morgan fingerprint density at radius 3 is 2.75 bits per heavy atom. The summed E-state index contributed by atoms with van der Waals surface area (Å²) in [6.07, 6.45) is 1.29. The highest BCUT2D eigenvalue weighted by Crippen LogP contribution is 2.30. The summed E-state index contributed by atoms with van der Waals surface area (Å²) in [5.74, 6) is 0.716. The van der Waals surface area contributed by atoms with E-state index >= 15 is 0 Å². The number of carbonyl (C=O) groups is 1. The normalized spacial score (nSPS) is 14.4. The lowest BCUT2D eigenvalue weighted by atomic mass is 10.0. The first-order valence-corrected chi connectivity index (χ1v) is 5.27. The Morgan fingerprint density at radius 1 is 1.12 bits per heavy atom. The fraction of sp³-hybridized carbons (Fsp3) is 0.167. The standard InChI is InChI=1S/C12H11N3O/c16-10-7-6-9-11(14-15-12(9)13-10)8-4-2-1-3-5-8/h1-5H,6-7H2,(H2,13,14,15,16). The summed E-state index contributed by atoms with van der Waals surface area (Å²) in [5, 5.41) is 9.88. The van der Waals surface area contributed by atoms with Crippen LogP contribution in [0.3, 0.4) is 0 Å². The number of nitrogens with one attached hydrogen (secondary N) is 2. The Hall–Kier alpha value is -2.10. The molecule has 1 amide bonds. The molecule has 0 bridgehead atoms. The van der Waals surface area contributed by atoms with Crippen LogP contribution in [-0.4, -0.2) is 16.1 Å². The minimum absolute atomic E-state index is 0.0404. The van der Waals surface area contributed by atoms with E-state index in [1.807, 2.05) is 30.3 Å². The smallest absolute Gasteiger partial charge is 0.225 e. The molecule has 2 N–H and O–H groups in total. The van der Waals surface area contributed by atoms with Crippen LogP contribution in [0.4, 0.5) is 5.82 Å². The highest BCUT2D eigenvalue weighted by molar-refractivity contribution is 5.94. The molecule has 80 valence electrons. The lowest BCUT2D eigenvalue weighted by Gasteiger charge is -2.11. The van der Waals surface area contributed by atoms with Gasteiger partial charge in [-0.05, 0) is 12.0 Å². The molecule has 0 saturated heterocycles. The van der Waals surface area contributed by atoms with Crippen LogP contribution in [0.15, 0.2) is 30.3 Å². The van der Waals surface area contributed by atoms with E-state index in [2.05, 4.69) is 15.5 Å². The maximum absolute atomic E-state index is 11.2. The maximum Gasteiger partial charge on any atom is 0.225 e. The van der Waals surface area contributed by atoms with Gasteiger partial charge in [-0.25, -0.2) is 0 Å². The quantitative estimate of drug-likeness (QED) is 0.760. The number of amides is 1. The zero-order valence-electron chi connectivity index (χ0n) is 8.66. The fourth-order valence-corrected chi connectivity index (χ4v) is 1.99. The number of fused-ring (bicyclic) bond motifs is 1. The molecule has 0 aliphatic carbocycles. The second kappa shape index (κ2) is 3.48. The van der Waals surface area contributed by atoms with E-state index in [1.165, 1.54) is 0 Å². The van der Waals surface area contributed by atoms with E-state index in [4.69, 9.17) is 0 Å². The number of aromatic nitrogens is 2. The van der Waals surface area contributed by atoms with E-state index in [0.717, 1.165) is 23.2 Å². The Morgan fingerprint density at radius 2 is 1.94 bits per heavy atom. The molecule has 4 heteroatoms. The van der Waals surface area contributed by atoms with Gasteiger partial charge in [0.1, 0.15) is 0 Å². The van der Waals surface area contributed by atoms with Crippen molar-refractivity contribution < 1.29 is 4.79 Å². The van der Waals surface area contributed by atoms with E-state index in [1.54, 1.807) is 0 Å². The zero-order valence-corrected chi connectivity index (χ0v) is 8.66. The van der Waals surface area contributed by atoms with Crippen LogP contribution in [-0.2, 0) is 11.2 Å². The molecule has 16 heavy (non-hydrogen) atoms. The first-order chi connectivity index (χ1) is 7.84. The number of nitrogens with zero attached hydrogens (tertiary/aromatic N) is 1. The first-order valence-electron chi connectivity index (χ1n) is 5.27. The number of hydrogen-bond acceptors (Lipinski definition) is 2. The summed E-state index contributed by atoms with van der Waals surface area (Å²) in [5.41, 5.74) is 3.22. The lowest BCUT2D eigenvalue weighted by molar-refractivity contribution is -0.116. The van der Waals surface area contributed by atoms with Crippen LogP contribution in [0, 0.1) is 0 Å². The minimum atomic E-state index is 0.0404. The van der Waals surface area contributed by atoms with E-state index in [-0.39, 0.29) is 5.91 Å². The van der Waals surface area contributed by atoms with Crippen LogP contribution in [0.5, 0.6) is 0 Å². The van der Waals surface area contributed by atoms with Gasteiger partial charge in [0.05, 0.1) is 5.69 Å². The molecule has 0 atom stereocenters. The monoisotopic (exact) mass is 213 g/mol. The summed E-state index contributed by atoms with van der Waals surface area (Å²) in [4.78, 5) is 11.2. The van der Waals surface area contributed by atoms with Crippen molar-refractivity contribution in [3.63, 3.8) is 0 Å². The number of anilines is 1. The van der Waals surface area contributed by atoms with Crippen molar-refractivity contribution in [1.82, 2.24) is 10.2 Å². The first kappa shape index (κ1) is 9.15. The molecule has 0 spiro atoms. The van der Waals surface area contributed by atoms with Crippen LogP contribution in [0.25, 0.3) is 11.3 Å². The highest BCUT2D eigenvalue weighted by Gasteiger charge is 2.21. The van der Waals surface area contributed by atoms with Gasteiger partial charge in [-0.2, -0.15) is 5.10 Å². The SMILES string of the molecule is O=C1CCc2c(n[nH]c2-c2ccccc2)N1. The molecule has 0 saturated carbocycles. The number of carbonyl (C=O) groups excluding carboxylic acids is 1. The van der Waals surface area contributed by atoms with Gasteiger partial charge in [-0.1, -0.05) is 30.3 Å². The highest BCUT2D eigenvalue weighted by atomic mass is 16.1. The number of rotatable bonds is 1. The molecule has 1 aliphatic rings. The zero-order chi connectivity index (χ0) is 11.0. The third kappa shape index (κ3) is 1.39. The predicted octanol–water partition coefficient (Wildman–Crippen LogP) is 1.96. The Labute approximate surface area is 92.7 Å². The fourth-order valence-electron chi connectivity index (χ4n) is 1.99. The van der Waals surface area contributed by atoms with Crippen molar-refractivity contribution >= 4 is 11.7 Å². The number of H-pyrrole nitrogens is 1. The molecule has 1 aromatic carbocycles. The number of benzene rings is 1. The number of hydrogen-bond donors (Lipinski definition) is 2. The maximum atomic E-state index is 11.2. The Kier molecular flexibility index (Phi) is 1.99. The second-order valence-electron chi connectivity index (χ2n) is 3.84. The van der Waals surface area contributed by atoms with E-state index in [0.29, 0.717) is 12.2 Å². The van der Waals surface area contributed by atoms with Gasteiger partial charge < -0.3 is 5.32 Å². The van der Waals surface area contributed by atoms with Gasteiger partial charge in [0, 0.05) is 12.0 Å². The molecular formula is C12H11N3O. The molecule has 4 nitrogen and oxygen atoms in total. The van der Waals surface area contributed by atoms with E-state index in [9.17, 15) is 4.79 Å². The summed E-state index contributed by atoms with van der Waals surface area (Å²) in [6.45, 7) is 0. The third-order valence-corrected chi connectivity index (χ3v) is 2.79. The van der Waals surface area contributed by atoms with E-state index < -0.39 is 0 Å². The summed E-state index contributed by atoms with van der Waals surface area (Å²) in [7, 11) is 0. The predicted molar refractivity (Wildman–Crippen MR) is 61.0 cm³/mol. The van der Waals surface area contributed by atoms with Crippen LogP contribution >= 0.6 is 0 Å². The van der Waals surface area contributed by atoms with Crippen molar-refractivity contribution in [3.05, 3.63) is 35.9 Å². The molecule has 1 aromatic heterocycles. The van der Waals surface area contributed by atoms with Gasteiger partial charge in [-0.15, -0.1) is 0 Å². The van der Waals surface area contributed by atoms with Crippen molar-refractivity contribution in [2.24, 2.45) is 0 Å². The molecule has 0 radical (unpaired) electrons. The molecule has 0 fully saturated rings. The average Bonchev–Trinajstić information content (AvgIpc) is 2.73.